The summed E-state index contributed by atoms with van der Waals surface area (Å²) in [6.45, 7) is 34.4. The Morgan fingerprint density at radius 1 is 0.548 bits per heavy atom. The van der Waals surface area contributed by atoms with E-state index in [1.807, 2.05) is 123 Å². The van der Waals surface area contributed by atoms with Gasteiger partial charge in [-0.05, 0) is 27.7 Å². The zero-order valence-electron chi connectivity index (χ0n) is 45.7. The number of thioether (sulfide) groups is 1. The van der Waals surface area contributed by atoms with Gasteiger partial charge in [-0.3, -0.25) is 69.9 Å². The molecule has 0 radical (unpaired) electrons. The van der Waals surface area contributed by atoms with Crippen LogP contribution in [0, 0.1) is 11.8 Å². The van der Waals surface area contributed by atoms with E-state index in [-0.39, 0.29) is 52.7 Å². The van der Waals surface area contributed by atoms with Crippen molar-refractivity contribution in [1.29, 1.82) is 0 Å². The molecule has 31 heteroatoms. The topological polar surface area (TPSA) is 420 Å². The maximum Gasteiger partial charge on any atom is 0.440 e. The number of nitrogens with zero attached hydrogens (tertiary/aromatic N) is 4. The van der Waals surface area contributed by atoms with Crippen molar-refractivity contribution in [3.05, 3.63) is 48.1 Å². The van der Waals surface area contributed by atoms with Gasteiger partial charge in [0.25, 0.3) is 16.7 Å². The van der Waals surface area contributed by atoms with E-state index < -0.39 is 64.4 Å². The van der Waals surface area contributed by atoms with E-state index in [1.54, 1.807) is 20.9 Å². The summed E-state index contributed by atoms with van der Waals surface area (Å²) in [6, 6.07) is -1.81. The highest BCUT2D eigenvalue weighted by Crippen LogP contribution is 2.16. The van der Waals surface area contributed by atoms with E-state index in [2.05, 4.69) is 35.7 Å². The minimum Gasteiger partial charge on any atom is -0.340 e. The number of carbonyl (C=O) groups is 11. The Morgan fingerprint density at radius 2 is 1.01 bits per heavy atom. The lowest BCUT2D eigenvalue weighted by Gasteiger charge is -2.16. The van der Waals surface area contributed by atoms with Crippen molar-refractivity contribution in [3.63, 3.8) is 0 Å². The van der Waals surface area contributed by atoms with E-state index in [4.69, 9.17) is 0 Å². The largest absolute Gasteiger partial charge is 0.440 e. The van der Waals surface area contributed by atoms with Crippen molar-refractivity contribution in [1.82, 2.24) is 66.8 Å². The lowest BCUT2D eigenvalue weighted by molar-refractivity contribution is -0.146. The van der Waals surface area contributed by atoms with Crippen molar-refractivity contribution in [2.45, 2.75) is 136 Å². The van der Waals surface area contributed by atoms with Gasteiger partial charge in [0, 0.05) is 14.1 Å². The minimum atomic E-state index is -0.766. The molecule has 13 amide bonds. The van der Waals surface area contributed by atoms with Gasteiger partial charge in [0.1, 0.15) is 30.6 Å². The fourth-order valence-electron chi connectivity index (χ4n) is 3.25. The van der Waals surface area contributed by atoms with Gasteiger partial charge in [-0.2, -0.15) is 15.3 Å². The summed E-state index contributed by atoms with van der Waals surface area (Å²) in [6.07, 6.45) is 1.04. The normalized spacial score (nSPS) is 16.8. The summed E-state index contributed by atoms with van der Waals surface area (Å²) in [5, 5.41) is 15.6. The second-order valence-corrected chi connectivity index (χ2v) is 12.8. The number of hydrogen-bond donors (Lipinski definition) is 9. The second kappa shape index (κ2) is 47.9. The number of rotatable bonds is 0. The second-order valence-electron chi connectivity index (χ2n) is 11.4. The first-order valence-corrected chi connectivity index (χ1v) is 23.9. The van der Waals surface area contributed by atoms with E-state index in [9.17, 15) is 71.9 Å². The number of urea groups is 3. The van der Waals surface area contributed by atoms with Gasteiger partial charge in [0.05, 0.1) is 12.3 Å². The molecule has 30 nitrogen and oxygen atoms in total. The van der Waals surface area contributed by atoms with Crippen LogP contribution in [-0.4, -0.2) is 119 Å². The average molecular weight is 1070 g/mol. The highest BCUT2D eigenvalue weighted by molar-refractivity contribution is 8.15. The number of carbonyl (C=O) groups excluding carboxylic acids is 11. The molecule has 0 bridgehead atoms. The summed E-state index contributed by atoms with van der Waals surface area (Å²) in [7, 11) is 4.37. The van der Waals surface area contributed by atoms with E-state index >= 15 is 0 Å². The van der Waals surface area contributed by atoms with Crippen molar-refractivity contribution >= 4 is 76.5 Å². The Bertz CT molecular complexity index is 2110. The summed E-state index contributed by atoms with van der Waals surface area (Å²) in [5.74, 6) is -4.75. The van der Waals surface area contributed by atoms with Crippen LogP contribution in [0.25, 0.3) is 0 Å². The maximum absolute atomic E-state index is 10.6. The van der Waals surface area contributed by atoms with Crippen LogP contribution in [0.4, 0.5) is 19.2 Å². The first-order chi connectivity index (χ1) is 34.3. The van der Waals surface area contributed by atoms with Gasteiger partial charge < -0.3 is 19.6 Å². The lowest BCUT2D eigenvalue weighted by atomic mass is 10.1. The minimum absolute atomic E-state index is 0.181. The van der Waals surface area contributed by atoms with Crippen LogP contribution in [0.5, 0.6) is 0 Å². The molecular formula is C42H79N13O17S. The molecule has 420 valence electrons. The number of hydroxylamine groups is 1. The third-order valence-corrected chi connectivity index (χ3v) is 7.56. The van der Waals surface area contributed by atoms with Gasteiger partial charge in [-0.25, -0.2) is 43.2 Å². The molecule has 3 unspecified atom stereocenters. The zero-order chi connectivity index (χ0) is 59.3. The molecule has 5 aliphatic rings. The highest BCUT2D eigenvalue weighted by atomic mass is 32.2. The standard InChI is InChI=1S/C5H6N2O3.C4H5N3O2.2C4H6N2O2.C4H5NO3.C4H5NO2S.C3H4N2O3.7C2H6/c1-2-3(8)6-5(10)7-4(2)9;1-7-4(9)6-3(8)2-5-7;1-6-2-3(7)5-4(6)8;1-2-3(7)6-4(8)5-2;1-2-3(6)5-8-4(2)7;1-2-3(6)5-4(7)8-2;1-5-2(6)4-3(7)8-5;7*1-2/h2H,1H3,(H2,6,7,8,9,10);2H,1H3,(H,6,8,9);2H2,1H3,(H,5,7,8);2H,1H3,(H2,5,6,7,8);2H,1H3,(H,5,6);2H,1H3,(H,5,6,7);1H3,(H,4,6,7);7*1-2H3. The van der Waals surface area contributed by atoms with Crippen LogP contribution in [-0.2, 0) is 52.5 Å². The molecule has 9 N–H and O–H groups in total. The number of amides is 13. The number of likely N-dealkylation sites (N-methyl/N-ethyl adjacent to an activating group) is 1. The van der Waals surface area contributed by atoms with Gasteiger partial charge in [0.2, 0.25) is 29.5 Å². The summed E-state index contributed by atoms with van der Waals surface area (Å²) in [4.78, 5) is 165. The van der Waals surface area contributed by atoms with Gasteiger partial charge in [0.15, 0.2) is 0 Å². The summed E-state index contributed by atoms with van der Waals surface area (Å²) >= 11 is 1.03. The number of barbiturate groups is 1. The third-order valence-electron chi connectivity index (χ3n) is 6.68. The van der Waals surface area contributed by atoms with Crippen molar-refractivity contribution in [2.24, 2.45) is 25.9 Å². The van der Waals surface area contributed by atoms with Crippen LogP contribution < -0.4 is 60.1 Å². The van der Waals surface area contributed by atoms with Gasteiger partial charge in [-0.15, -0.1) is 0 Å². The predicted octanol–water partition coefficient (Wildman–Crippen LogP) is 1.26. The molecule has 0 saturated carbocycles. The smallest absolute Gasteiger partial charge is 0.340 e. The number of H-pyrrole nitrogens is 2. The molecule has 0 aliphatic carbocycles. The monoisotopic (exact) mass is 1070 g/mol. The van der Waals surface area contributed by atoms with Crippen molar-refractivity contribution in [3.8, 4) is 0 Å². The number of aromatic amines is 2. The molecule has 5 fully saturated rings. The van der Waals surface area contributed by atoms with Crippen LogP contribution in [0.15, 0.2) is 29.9 Å². The third kappa shape index (κ3) is 36.8. The van der Waals surface area contributed by atoms with E-state index in [1.165, 1.54) is 32.8 Å². The van der Waals surface area contributed by atoms with E-state index in [0.29, 0.717) is 0 Å². The van der Waals surface area contributed by atoms with Gasteiger partial charge >= 0.3 is 41.2 Å². The zero-order valence-corrected chi connectivity index (χ0v) is 46.5. The summed E-state index contributed by atoms with van der Waals surface area (Å²) < 4.78 is 6.07. The molecular weight excluding hydrogens is 991 g/mol. The predicted molar refractivity (Wildman–Crippen MR) is 271 cm³/mol. The first kappa shape index (κ1) is 79.4. The fraction of sp³-hybridized carbons (Fsp3) is 0.619. The molecule has 73 heavy (non-hydrogen) atoms. The number of aromatic nitrogens is 5. The molecule has 7 heterocycles. The van der Waals surface area contributed by atoms with Crippen molar-refractivity contribution < 1.29 is 62.1 Å². The molecule has 0 aromatic carbocycles. The van der Waals surface area contributed by atoms with E-state index in [0.717, 1.165) is 27.4 Å². The van der Waals surface area contributed by atoms with Crippen LogP contribution in [0.1, 0.15) is 125 Å². The molecule has 5 aliphatic heterocycles. The Labute approximate surface area is 427 Å². The fourth-order valence-corrected chi connectivity index (χ4v) is 3.89. The quantitative estimate of drug-likeness (QED) is 0.132. The molecule has 0 spiro atoms. The molecule has 5 saturated heterocycles. The Morgan fingerprint density at radius 3 is 1.19 bits per heavy atom. The number of hydrogen-bond acceptors (Lipinski definition) is 19. The van der Waals surface area contributed by atoms with Crippen LogP contribution >= 0.6 is 11.8 Å². The van der Waals surface area contributed by atoms with Gasteiger partial charge in [-0.1, -0.05) is 109 Å². The Balaban J connectivity index is -0.000000134. The number of imide groups is 5. The summed E-state index contributed by atoms with van der Waals surface area (Å²) in [5.41, 5.74) is 0.426. The van der Waals surface area contributed by atoms with Crippen LogP contribution in [0.2, 0.25) is 0 Å². The lowest BCUT2D eigenvalue weighted by Crippen LogP contribution is -2.54. The Kier molecular flexibility index (Phi) is 52.1. The first-order valence-electron chi connectivity index (χ1n) is 23.1. The molecule has 2 aromatic heterocycles. The van der Waals surface area contributed by atoms with Crippen molar-refractivity contribution in [2.75, 3.05) is 13.6 Å². The maximum atomic E-state index is 10.6. The number of nitrogens with one attached hydrogen (secondary N) is 9. The molecule has 7 rings (SSSR count). The van der Waals surface area contributed by atoms with Crippen LogP contribution in [0.3, 0.4) is 0 Å². The number of aryl methyl sites for hydroxylation is 2. The molecule has 2 aromatic rings. The Hall–Kier alpha value is -7.73. The average Bonchev–Trinajstić information content (AvgIpc) is 4.13. The highest BCUT2D eigenvalue weighted by Gasteiger charge is 2.31. The molecule has 3 atom stereocenters. The SMILES string of the molecule is CC.CC.CC.CC.CC.CC.CC.CC1C(=O)NC(=O)NC1=O.CC1C(=O)NOC1=O.CC1NC(=O)NC1=O.CC1SC(=O)NC1=O.CN1CC(=O)NC1=O.Cn1ncc(=O)[nH]c1=O.Cn1oc(=O)[nH]c1=O.